The van der Waals surface area contributed by atoms with Gasteiger partial charge in [-0.25, -0.2) is 4.98 Å². The second-order valence-corrected chi connectivity index (χ2v) is 16.8. The molecule has 2 aromatic heterocycles. The van der Waals surface area contributed by atoms with E-state index in [2.05, 4.69) is 141 Å². The lowest BCUT2D eigenvalue weighted by Crippen LogP contribution is -2.19. The van der Waals surface area contributed by atoms with Crippen molar-refractivity contribution in [3.05, 3.63) is 119 Å². The van der Waals surface area contributed by atoms with Crippen molar-refractivity contribution in [2.24, 2.45) is 0 Å². The van der Waals surface area contributed by atoms with Crippen LogP contribution >= 0.6 is 0 Å². The van der Waals surface area contributed by atoms with Gasteiger partial charge in [0.2, 0.25) is 0 Å². The summed E-state index contributed by atoms with van der Waals surface area (Å²) in [5, 5.41) is 11.3. The Kier molecular flexibility index (Phi) is 8.59. The molecule has 6 aromatic rings. The minimum atomic E-state index is -0.146. The molecular weight excluding hydrogens is 599 g/mol. The summed E-state index contributed by atoms with van der Waals surface area (Å²) in [6.07, 6.45) is 1.87. The summed E-state index contributed by atoms with van der Waals surface area (Å²) in [5.41, 5.74) is 12.7. The Hall–Kier alpha value is -4.70. The minimum Gasteiger partial charge on any atom is -0.507 e. The first-order valence-corrected chi connectivity index (χ1v) is 17.5. The fraction of sp³-hybridized carbons (Fsp3) is 0.333. The van der Waals surface area contributed by atoms with E-state index in [9.17, 15) is 5.11 Å². The van der Waals surface area contributed by atoms with Gasteiger partial charge in [0.15, 0.2) is 0 Å². The maximum absolute atomic E-state index is 11.3. The molecule has 1 N–H and O–H groups in total. The van der Waals surface area contributed by atoms with Crippen molar-refractivity contribution in [2.45, 2.75) is 98.3 Å². The number of pyridine rings is 1. The highest BCUT2D eigenvalue weighted by Crippen LogP contribution is 2.46. The normalized spacial score (nSPS) is 12.7. The monoisotopic (exact) mass is 649 g/mol. The summed E-state index contributed by atoms with van der Waals surface area (Å²) in [4.78, 5) is 10.3. The SMILES string of the molecule is CC(C)c1cccc(C(C)(C)C)c1-n1c(-c2ccccc2O)nc2c(-c3cc(-c4ccccn4)c(C(C)(C)C)cc3C(C)(C)C)cccc21. The molecule has 4 heteroatoms. The van der Waals surface area contributed by atoms with E-state index < -0.39 is 0 Å². The molecule has 0 fully saturated rings. The number of rotatable bonds is 5. The van der Waals surface area contributed by atoms with Crippen LogP contribution in [0.2, 0.25) is 0 Å². The van der Waals surface area contributed by atoms with Crippen LogP contribution < -0.4 is 0 Å². The molecule has 0 radical (unpaired) electrons. The summed E-state index contributed by atoms with van der Waals surface area (Å²) < 4.78 is 2.31. The van der Waals surface area contributed by atoms with Crippen molar-refractivity contribution < 1.29 is 5.11 Å². The summed E-state index contributed by atoms with van der Waals surface area (Å²) in [6.45, 7) is 25.0. The van der Waals surface area contributed by atoms with E-state index in [1.54, 1.807) is 6.07 Å². The van der Waals surface area contributed by atoms with Crippen molar-refractivity contribution in [3.8, 4) is 45.2 Å². The number of imidazole rings is 1. The number of aromatic nitrogens is 3. The standard InChI is InChI=1S/C45H51N3O/c1-28(2)29-19-16-21-34(43(3,4)5)41(29)48-38-23-17-20-30(40(38)47-42(48)31-18-12-13-24-39(31)49)32-26-33(37-22-14-15-25-46-37)36(45(9,10)11)27-35(32)44(6,7)8/h12-28,49H,1-11H3. The maximum atomic E-state index is 11.3. The van der Waals surface area contributed by atoms with Gasteiger partial charge in [-0.15, -0.1) is 0 Å². The zero-order valence-electron chi connectivity index (χ0n) is 31.1. The average Bonchev–Trinajstić information content (AvgIpc) is 3.42. The molecule has 0 aliphatic rings. The Morgan fingerprint density at radius 1 is 0.592 bits per heavy atom. The zero-order valence-corrected chi connectivity index (χ0v) is 31.1. The Bertz CT molecular complexity index is 2150. The zero-order chi connectivity index (χ0) is 35.5. The summed E-state index contributed by atoms with van der Waals surface area (Å²) in [6, 6.07) is 31.7. The number of phenols is 1. The molecule has 0 saturated carbocycles. The molecule has 6 rings (SSSR count). The van der Waals surface area contributed by atoms with E-state index in [4.69, 9.17) is 9.97 Å². The third-order valence-corrected chi connectivity index (χ3v) is 9.56. The molecule has 4 nitrogen and oxygen atoms in total. The number of hydrogen-bond acceptors (Lipinski definition) is 3. The van der Waals surface area contributed by atoms with E-state index in [0.29, 0.717) is 5.56 Å². The van der Waals surface area contributed by atoms with Gasteiger partial charge < -0.3 is 5.11 Å². The van der Waals surface area contributed by atoms with Crippen LogP contribution in [0.3, 0.4) is 0 Å². The Morgan fingerprint density at radius 3 is 1.82 bits per heavy atom. The van der Waals surface area contributed by atoms with Crippen molar-refractivity contribution >= 4 is 11.0 Å². The number of hydrogen-bond donors (Lipinski definition) is 1. The number of aromatic hydroxyl groups is 1. The molecular formula is C45H51N3O. The maximum Gasteiger partial charge on any atom is 0.149 e. The predicted octanol–water partition coefficient (Wildman–Crippen LogP) is 12.1. The van der Waals surface area contributed by atoms with E-state index >= 15 is 0 Å². The fourth-order valence-corrected chi connectivity index (χ4v) is 7.07. The lowest BCUT2D eigenvalue weighted by atomic mass is 9.74. The van der Waals surface area contributed by atoms with Crippen LogP contribution in [0.1, 0.15) is 104 Å². The molecule has 0 spiro atoms. The number of phenolic OH excluding ortho intramolecular Hbond substituents is 1. The first kappa shape index (κ1) is 34.2. The second-order valence-electron chi connectivity index (χ2n) is 16.8. The number of benzene rings is 4. The van der Waals surface area contributed by atoms with Crippen molar-refractivity contribution in [1.82, 2.24) is 14.5 Å². The Labute approximate surface area is 292 Å². The summed E-state index contributed by atoms with van der Waals surface area (Å²) in [7, 11) is 0. The molecule has 0 amide bonds. The minimum absolute atomic E-state index is 0.0963. The lowest BCUT2D eigenvalue weighted by molar-refractivity contribution is 0.477. The van der Waals surface area contributed by atoms with Crippen LogP contribution in [-0.4, -0.2) is 19.6 Å². The third-order valence-electron chi connectivity index (χ3n) is 9.56. The van der Waals surface area contributed by atoms with Gasteiger partial charge in [0.05, 0.1) is 28.0 Å². The van der Waals surface area contributed by atoms with Gasteiger partial charge in [-0.05, 0) is 86.4 Å². The van der Waals surface area contributed by atoms with Gasteiger partial charge in [-0.3, -0.25) is 9.55 Å². The van der Waals surface area contributed by atoms with Crippen molar-refractivity contribution in [2.75, 3.05) is 0 Å². The molecule has 252 valence electrons. The van der Waals surface area contributed by atoms with Gasteiger partial charge in [0.25, 0.3) is 0 Å². The van der Waals surface area contributed by atoms with Crippen LogP contribution in [0.25, 0.3) is 50.5 Å². The van der Waals surface area contributed by atoms with E-state index in [1.165, 1.54) is 22.3 Å². The highest BCUT2D eigenvalue weighted by molar-refractivity contribution is 5.98. The molecule has 2 heterocycles. The number of fused-ring (bicyclic) bond motifs is 1. The molecule has 0 aliphatic heterocycles. The van der Waals surface area contributed by atoms with Crippen molar-refractivity contribution in [3.63, 3.8) is 0 Å². The third kappa shape index (κ3) is 6.30. The molecule has 0 aliphatic carbocycles. The first-order chi connectivity index (χ1) is 23.0. The quantitative estimate of drug-likeness (QED) is 0.202. The summed E-state index contributed by atoms with van der Waals surface area (Å²) >= 11 is 0. The average molecular weight is 650 g/mol. The molecule has 0 bridgehead atoms. The first-order valence-electron chi connectivity index (χ1n) is 17.5. The molecule has 4 aromatic carbocycles. The topological polar surface area (TPSA) is 50.9 Å². The number of para-hydroxylation sites is 3. The van der Waals surface area contributed by atoms with Gasteiger partial charge in [-0.2, -0.15) is 0 Å². The largest absolute Gasteiger partial charge is 0.507 e. The van der Waals surface area contributed by atoms with Gasteiger partial charge in [0.1, 0.15) is 11.6 Å². The van der Waals surface area contributed by atoms with E-state index in [1.807, 2.05) is 30.5 Å². The molecule has 0 saturated heterocycles. The van der Waals surface area contributed by atoms with Crippen LogP contribution in [-0.2, 0) is 16.2 Å². The van der Waals surface area contributed by atoms with Crippen LogP contribution in [0.15, 0.2) is 97.2 Å². The highest BCUT2D eigenvalue weighted by atomic mass is 16.3. The van der Waals surface area contributed by atoms with Gasteiger partial charge in [0, 0.05) is 17.3 Å². The molecule has 0 unspecified atom stereocenters. The number of nitrogens with zero attached hydrogens (tertiary/aromatic N) is 3. The molecule has 0 atom stereocenters. The predicted molar refractivity (Wildman–Crippen MR) is 207 cm³/mol. The van der Waals surface area contributed by atoms with Crippen LogP contribution in [0.5, 0.6) is 5.75 Å². The van der Waals surface area contributed by atoms with Gasteiger partial charge in [-0.1, -0.05) is 131 Å². The Balaban J connectivity index is 1.80. The van der Waals surface area contributed by atoms with Crippen LogP contribution in [0.4, 0.5) is 0 Å². The smallest absolute Gasteiger partial charge is 0.149 e. The lowest BCUT2D eigenvalue weighted by Gasteiger charge is -2.30. The van der Waals surface area contributed by atoms with Gasteiger partial charge >= 0.3 is 0 Å². The highest BCUT2D eigenvalue weighted by Gasteiger charge is 2.30. The van der Waals surface area contributed by atoms with E-state index in [0.717, 1.165) is 44.9 Å². The second kappa shape index (κ2) is 12.3. The van der Waals surface area contributed by atoms with Crippen molar-refractivity contribution in [1.29, 1.82) is 0 Å². The summed E-state index contributed by atoms with van der Waals surface area (Å²) in [5.74, 6) is 1.21. The fourth-order valence-electron chi connectivity index (χ4n) is 7.07. The van der Waals surface area contributed by atoms with E-state index in [-0.39, 0.29) is 27.9 Å². The Morgan fingerprint density at radius 2 is 1.20 bits per heavy atom. The van der Waals surface area contributed by atoms with Crippen LogP contribution in [0, 0.1) is 0 Å². The molecule has 49 heavy (non-hydrogen) atoms.